The molecule has 0 amide bonds. The van der Waals surface area contributed by atoms with E-state index in [2.05, 4.69) is 46.3 Å². The van der Waals surface area contributed by atoms with Crippen LogP contribution in [0.2, 0.25) is 0 Å². The molecule has 0 aliphatic carbocycles. The van der Waals surface area contributed by atoms with Crippen molar-refractivity contribution in [2.45, 2.75) is 5.41 Å². The Morgan fingerprint density at radius 3 is 1.89 bits per heavy atom. The van der Waals surface area contributed by atoms with Crippen molar-refractivity contribution in [3.63, 3.8) is 0 Å². The van der Waals surface area contributed by atoms with Crippen LogP contribution in [0.3, 0.4) is 0 Å². The Bertz CT molecular complexity index is 2160. The predicted molar refractivity (Wildman–Crippen MR) is 180 cm³/mol. The van der Waals surface area contributed by atoms with Gasteiger partial charge in [0.2, 0.25) is 0 Å². The van der Waals surface area contributed by atoms with Crippen molar-refractivity contribution in [1.29, 1.82) is 0 Å². The van der Waals surface area contributed by atoms with E-state index >= 15 is 4.39 Å². The number of anilines is 3. The van der Waals surface area contributed by atoms with Gasteiger partial charge in [-0.15, -0.1) is 0 Å². The van der Waals surface area contributed by atoms with E-state index in [1.807, 2.05) is 78.9 Å². The van der Waals surface area contributed by atoms with Crippen LogP contribution in [0.1, 0.15) is 22.4 Å². The Morgan fingerprint density at radius 2 is 1.21 bits per heavy atom. The lowest BCUT2D eigenvalue weighted by atomic mass is 9.64. The lowest BCUT2D eigenvalue weighted by Crippen LogP contribution is -2.38. The van der Waals surface area contributed by atoms with Crippen molar-refractivity contribution in [3.05, 3.63) is 198 Å². The molecule has 0 unspecified atom stereocenters. The molecule has 0 saturated heterocycles. The highest BCUT2D eigenvalue weighted by Crippen LogP contribution is 2.57. The predicted octanol–water partition coefficient (Wildman–Crippen LogP) is 10.4. The summed E-state index contributed by atoms with van der Waals surface area (Å²) in [6.07, 6.45) is 3.37. The number of halogens is 2. The van der Waals surface area contributed by atoms with Crippen molar-refractivity contribution in [3.8, 4) is 22.8 Å². The molecule has 47 heavy (non-hydrogen) atoms. The Hall–Kier alpha value is -6.14. The van der Waals surface area contributed by atoms with Crippen LogP contribution < -0.4 is 9.64 Å². The summed E-state index contributed by atoms with van der Waals surface area (Å²) in [6, 6.07) is 47.9. The summed E-state index contributed by atoms with van der Waals surface area (Å²) in [5.41, 5.74) is 6.51. The summed E-state index contributed by atoms with van der Waals surface area (Å²) < 4.78 is 36.3. The van der Waals surface area contributed by atoms with E-state index in [1.54, 1.807) is 36.7 Å². The number of aromatic nitrogens is 2. The van der Waals surface area contributed by atoms with Gasteiger partial charge in [-0.1, -0.05) is 78.9 Å². The largest absolute Gasteiger partial charge is 0.454 e. The van der Waals surface area contributed by atoms with Gasteiger partial charge in [0.25, 0.3) is 0 Å². The van der Waals surface area contributed by atoms with Crippen LogP contribution >= 0.6 is 0 Å². The zero-order valence-corrected chi connectivity index (χ0v) is 25.1. The molecular formula is C41H27F2N3O. The van der Waals surface area contributed by atoms with Crippen LogP contribution in [0.5, 0.6) is 11.5 Å². The number of hydrogen-bond donors (Lipinski definition) is 0. The van der Waals surface area contributed by atoms with Gasteiger partial charge >= 0.3 is 0 Å². The molecule has 0 saturated carbocycles. The fourth-order valence-corrected chi connectivity index (χ4v) is 6.67. The summed E-state index contributed by atoms with van der Waals surface area (Å²) in [6.45, 7) is 0. The van der Waals surface area contributed by atoms with Gasteiger partial charge in [-0.3, -0.25) is 9.97 Å². The van der Waals surface area contributed by atoms with E-state index in [1.165, 1.54) is 6.07 Å². The zero-order valence-electron chi connectivity index (χ0n) is 25.1. The van der Waals surface area contributed by atoms with E-state index in [9.17, 15) is 4.39 Å². The first kappa shape index (κ1) is 28.3. The minimum atomic E-state index is -0.862. The number of nitrogens with zero attached hydrogens (tertiary/aromatic N) is 3. The van der Waals surface area contributed by atoms with Crippen LogP contribution in [0.25, 0.3) is 11.3 Å². The molecule has 0 atom stereocenters. The van der Waals surface area contributed by atoms with Gasteiger partial charge in [-0.05, 0) is 83.4 Å². The average Bonchev–Trinajstić information content (AvgIpc) is 3.13. The average molecular weight is 616 g/mol. The molecule has 0 spiro atoms. The Balaban J connectivity index is 1.34. The van der Waals surface area contributed by atoms with Crippen LogP contribution in [0, 0.1) is 11.6 Å². The minimum Gasteiger partial charge on any atom is -0.454 e. The number of para-hydroxylation sites is 3. The van der Waals surface area contributed by atoms with Gasteiger partial charge in [0.1, 0.15) is 11.6 Å². The molecule has 0 N–H and O–H groups in total. The molecule has 1 aliphatic heterocycles. The van der Waals surface area contributed by atoms with E-state index in [0.29, 0.717) is 11.4 Å². The van der Waals surface area contributed by atoms with Crippen LogP contribution in [0.15, 0.2) is 164 Å². The van der Waals surface area contributed by atoms with Gasteiger partial charge in [0.15, 0.2) is 11.6 Å². The topological polar surface area (TPSA) is 38.3 Å². The molecule has 5 aromatic carbocycles. The standard InChI is InChI=1S/C41H27F2N3O/c42-34-27-35(43)39(26-31(34)36-19-8-10-23-44-36)47-30-16-12-13-28(25-30)41(40-22-9-11-24-45-40)32-17-4-6-20-37(32)46(29-14-2-1-3-15-29)38-21-7-5-18-33(38)41/h1-27H. The molecule has 2 aromatic heterocycles. The number of ether oxygens (including phenoxy) is 1. The molecule has 4 nitrogen and oxygen atoms in total. The van der Waals surface area contributed by atoms with Crippen molar-refractivity contribution in [1.82, 2.24) is 9.97 Å². The highest BCUT2D eigenvalue weighted by atomic mass is 19.1. The van der Waals surface area contributed by atoms with Crippen molar-refractivity contribution >= 4 is 17.1 Å². The number of pyridine rings is 2. The third-order valence-electron chi connectivity index (χ3n) is 8.62. The summed E-state index contributed by atoms with van der Waals surface area (Å²) in [5, 5.41) is 0. The number of fused-ring (bicyclic) bond motifs is 2. The monoisotopic (exact) mass is 615 g/mol. The second-order valence-corrected chi connectivity index (χ2v) is 11.3. The second kappa shape index (κ2) is 11.7. The van der Waals surface area contributed by atoms with Crippen LogP contribution in [0.4, 0.5) is 25.8 Å². The van der Waals surface area contributed by atoms with Gasteiger partial charge in [0, 0.05) is 29.7 Å². The van der Waals surface area contributed by atoms with Crippen LogP contribution in [-0.2, 0) is 5.41 Å². The highest BCUT2D eigenvalue weighted by Gasteiger charge is 2.47. The smallest absolute Gasteiger partial charge is 0.168 e. The molecule has 6 heteroatoms. The first-order valence-electron chi connectivity index (χ1n) is 15.3. The molecule has 0 bridgehead atoms. The fraction of sp³-hybridized carbons (Fsp3) is 0.0244. The van der Waals surface area contributed by atoms with Gasteiger partial charge in [-0.25, -0.2) is 8.78 Å². The molecule has 0 radical (unpaired) electrons. The first-order valence-corrected chi connectivity index (χ1v) is 15.3. The molecule has 3 heterocycles. The minimum absolute atomic E-state index is 0.101. The van der Waals surface area contributed by atoms with E-state index in [4.69, 9.17) is 9.72 Å². The SMILES string of the molecule is Fc1cc(F)c(-c2ccccn2)cc1Oc1cccc(C2(c3ccccn3)c3ccccc3N(c3ccccc3)c3ccccc32)c1. The zero-order chi connectivity index (χ0) is 31.8. The second-order valence-electron chi connectivity index (χ2n) is 11.3. The van der Waals surface area contributed by atoms with Gasteiger partial charge < -0.3 is 9.64 Å². The number of benzene rings is 5. The lowest BCUT2D eigenvalue weighted by molar-refractivity contribution is 0.437. The third kappa shape index (κ3) is 4.73. The maximum Gasteiger partial charge on any atom is 0.168 e. The maximum absolute atomic E-state index is 15.2. The van der Waals surface area contributed by atoms with E-state index < -0.39 is 17.0 Å². The molecular weight excluding hydrogens is 588 g/mol. The number of hydrogen-bond acceptors (Lipinski definition) is 4. The fourth-order valence-electron chi connectivity index (χ4n) is 6.67. The van der Waals surface area contributed by atoms with Crippen molar-refractivity contribution in [2.24, 2.45) is 0 Å². The molecule has 226 valence electrons. The third-order valence-corrected chi connectivity index (χ3v) is 8.62. The normalized spacial score (nSPS) is 13.0. The Morgan fingerprint density at radius 1 is 0.553 bits per heavy atom. The summed E-state index contributed by atoms with van der Waals surface area (Å²) >= 11 is 0. The lowest BCUT2D eigenvalue weighted by Gasteiger charge is -2.45. The van der Waals surface area contributed by atoms with Crippen molar-refractivity contribution < 1.29 is 13.5 Å². The molecule has 1 aliphatic rings. The Kier molecular flexibility index (Phi) is 7.03. The number of rotatable bonds is 6. The molecule has 7 aromatic rings. The maximum atomic E-state index is 15.2. The summed E-state index contributed by atoms with van der Waals surface area (Å²) in [5.74, 6) is -1.22. The van der Waals surface area contributed by atoms with Crippen LogP contribution in [-0.4, -0.2) is 9.97 Å². The van der Waals surface area contributed by atoms with Gasteiger partial charge in [-0.2, -0.15) is 0 Å². The van der Waals surface area contributed by atoms with E-state index in [-0.39, 0.29) is 11.3 Å². The molecule has 8 rings (SSSR count). The quantitative estimate of drug-likeness (QED) is 0.187. The highest BCUT2D eigenvalue weighted by molar-refractivity contribution is 5.89. The van der Waals surface area contributed by atoms with Gasteiger partial charge in [0.05, 0.1) is 28.2 Å². The first-order chi connectivity index (χ1) is 23.1. The Labute approximate surface area is 271 Å². The molecule has 0 fully saturated rings. The summed E-state index contributed by atoms with van der Waals surface area (Å²) in [7, 11) is 0. The van der Waals surface area contributed by atoms with E-state index in [0.717, 1.165) is 45.5 Å². The summed E-state index contributed by atoms with van der Waals surface area (Å²) in [4.78, 5) is 11.5. The van der Waals surface area contributed by atoms with Crippen molar-refractivity contribution in [2.75, 3.05) is 4.90 Å².